The Bertz CT molecular complexity index is 458. The quantitative estimate of drug-likeness (QED) is 0.461. The van der Waals surface area contributed by atoms with Gasteiger partial charge in [0.25, 0.3) is 0 Å². The molecule has 1 aromatic carbocycles. The Kier molecular flexibility index (Phi) is 8.94. The van der Waals surface area contributed by atoms with Crippen LogP contribution >= 0.6 is 24.0 Å². The molecule has 1 rings (SSSR count). The van der Waals surface area contributed by atoms with Crippen LogP contribution in [0.15, 0.2) is 29.3 Å². The number of hydrogen-bond donors (Lipinski definition) is 2. The average Bonchev–Trinajstić information content (AvgIpc) is 2.37. The second kappa shape index (κ2) is 9.57. The van der Waals surface area contributed by atoms with E-state index in [-0.39, 0.29) is 29.9 Å². The first-order valence-corrected chi connectivity index (χ1v) is 6.48. The van der Waals surface area contributed by atoms with Crippen molar-refractivity contribution in [1.29, 1.82) is 0 Å². The number of halogens is 1. The van der Waals surface area contributed by atoms with E-state index in [2.05, 4.69) is 10.3 Å². The van der Waals surface area contributed by atoms with Gasteiger partial charge in [-0.05, 0) is 31.5 Å². The fourth-order valence-electron chi connectivity index (χ4n) is 1.77. The predicted octanol–water partition coefficient (Wildman–Crippen LogP) is 2.42. The summed E-state index contributed by atoms with van der Waals surface area (Å²) in [6.07, 6.45) is 0. The van der Waals surface area contributed by atoms with E-state index < -0.39 is 0 Å². The van der Waals surface area contributed by atoms with Crippen LogP contribution in [-0.4, -0.2) is 29.9 Å². The molecule has 0 atom stereocenters. The highest BCUT2D eigenvalue weighted by atomic mass is 127. The van der Waals surface area contributed by atoms with E-state index >= 15 is 0 Å². The SMILES string of the molecule is CCN(CC)C(N)=NCc1cccc(NC(C)=O)c1.I. The van der Waals surface area contributed by atoms with Crippen molar-refractivity contribution in [3.63, 3.8) is 0 Å². The number of anilines is 1. The summed E-state index contributed by atoms with van der Waals surface area (Å²) in [4.78, 5) is 17.4. The highest BCUT2D eigenvalue weighted by molar-refractivity contribution is 14.0. The fraction of sp³-hybridized carbons (Fsp3) is 0.429. The first kappa shape index (κ1) is 18.7. The maximum absolute atomic E-state index is 11.0. The third-order valence-electron chi connectivity index (χ3n) is 2.76. The molecule has 0 fully saturated rings. The number of benzene rings is 1. The molecular formula is C14H23IN4O. The molecule has 0 aliphatic rings. The van der Waals surface area contributed by atoms with Crippen LogP contribution in [0.3, 0.4) is 0 Å². The normalized spacial score (nSPS) is 10.7. The van der Waals surface area contributed by atoms with Crippen LogP contribution in [0.2, 0.25) is 0 Å². The number of carbonyl (C=O) groups excluding carboxylic acids is 1. The molecule has 6 heteroatoms. The number of carbonyl (C=O) groups is 1. The lowest BCUT2D eigenvalue weighted by molar-refractivity contribution is -0.114. The van der Waals surface area contributed by atoms with Crippen molar-refractivity contribution < 1.29 is 4.79 Å². The zero-order chi connectivity index (χ0) is 14.3. The second-order valence-electron chi connectivity index (χ2n) is 4.23. The van der Waals surface area contributed by atoms with E-state index in [4.69, 9.17) is 5.73 Å². The van der Waals surface area contributed by atoms with Crippen LogP contribution in [0.25, 0.3) is 0 Å². The molecule has 1 amide bonds. The van der Waals surface area contributed by atoms with E-state index in [0.717, 1.165) is 24.3 Å². The van der Waals surface area contributed by atoms with Crippen molar-refractivity contribution in [2.24, 2.45) is 10.7 Å². The van der Waals surface area contributed by atoms with Gasteiger partial charge < -0.3 is 16.0 Å². The van der Waals surface area contributed by atoms with Gasteiger partial charge in [0.05, 0.1) is 6.54 Å². The topological polar surface area (TPSA) is 70.7 Å². The van der Waals surface area contributed by atoms with E-state index in [1.807, 2.05) is 43.0 Å². The Morgan fingerprint density at radius 1 is 1.35 bits per heavy atom. The van der Waals surface area contributed by atoms with Crippen molar-refractivity contribution in [1.82, 2.24) is 4.90 Å². The molecule has 0 aliphatic carbocycles. The first-order valence-electron chi connectivity index (χ1n) is 6.48. The Labute approximate surface area is 137 Å². The number of nitrogens with one attached hydrogen (secondary N) is 1. The average molecular weight is 390 g/mol. The standard InChI is InChI=1S/C14H22N4O.HI/c1-4-18(5-2)14(15)16-10-12-7-6-8-13(9-12)17-11(3)19;/h6-9H,4-5,10H2,1-3H3,(H2,15,16)(H,17,19);1H. The summed E-state index contributed by atoms with van der Waals surface area (Å²) < 4.78 is 0. The van der Waals surface area contributed by atoms with Crippen LogP contribution in [0.4, 0.5) is 5.69 Å². The molecule has 1 aromatic rings. The van der Waals surface area contributed by atoms with Crippen molar-refractivity contribution >= 4 is 41.5 Å². The lowest BCUT2D eigenvalue weighted by atomic mass is 10.2. The minimum absolute atomic E-state index is 0. The van der Waals surface area contributed by atoms with Gasteiger partial charge in [0.2, 0.25) is 5.91 Å². The van der Waals surface area contributed by atoms with Gasteiger partial charge in [-0.2, -0.15) is 0 Å². The predicted molar refractivity (Wildman–Crippen MR) is 94.4 cm³/mol. The largest absolute Gasteiger partial charge is 0.370 e. The summed E-state index contributed by atoms with van der Waals surface area (Å²) in [5, 5.41) is 2.75. The third kappa shape index (κ3) is 6.23. The molecule has 0 saturated heterocycles. The summed E-state index contributed by atoms with van der Waals surface area (Å²) in [7, 11) is 0. The highest BCUT2D eigenvalue weighted by Gasteiger charge is 2.02. The molecule has 0 saturated carbocycles. The Balaban J connectivity index is 0.00000361. The van der Waals surface area contributed by atoms with Crippen LogP contribution in [0, 0.1) is 0 Å². The van der Waals surface area contributed by atoms with Gasteiger partial charge in [0, 0.05) is 25.7 Å². The number of aliphatic imine (C=N–C) groups is 1. The number of nitrogens with two attached hydrogens (primary N) is 1. The van der Waals surface area contributed by atoms with Gasteiger partial charge in [0.1, 0.15) is 0 Å². The zero-order valence-corrected chi connectivity index (χ0v) is 14.5. The van der Waals surface area contributed by atoms with Crippen LogP contribution in [-0.2, 0) is 11.3 Å². The zero-order valence-electron chi connectivity index (χ0n) is 12.2. The van der Waals surface area contributed by atoms with Gasteiger partial charge >= 0.3 is 0 Å². The van der Waals surface area contributed by atoms with E-state index in [1.54, 1.807) is 0 Å². The molecule has 0 aromatic heterocycles. The molecule has 5 nitrogen and oxygen atoms in total. The summed E-state index contributed by atoms with van der Waals surface area (Å²) >= 11 is 0. The minimum atomic E-state index is -0.0803. The number of hydrogen-bond acceptors (Lipinski definition) is 2. The molecule has 20 heavy (non-hydrogen) atoms. The van der Waals surface area contributed by atoms with Crippen molar-refractivity contribution in [3.8, 4) is 0 Å². The Hall–Kier alpha value is -1.31. The van der Waals surface area contributed by atoms with Gasteiger partial charge in [-0.15, -0.1) is 24.0 Å². The molecule has 112 valence electrons. The maximum atomic E-state index is 11.0. The summed E-state index contributed by atoms with van der Waals surface area (Å²) in [6, 6.07) is 7.61. The lowest BCUT2D eigenvalue weighted by Gasteiger charge is -2.19. The van der Waals surface area contributed by atoms with Gasteiger partial charge in [0.15, 0.2) is 5.96 Å². The fourth-order valence-corrected chi connectivity index (χ4v) is 1.77. The summed E-state index contributed by atoms with van der Waals surface area (Å²) in [6.45, 7) is 7.78. The maximum Gasteiger partial charge on any atom is 0.221 e. The van der Waals surface area contributed by atoms with Gasteiger partial charge in [-0.3, -0.25) is 4.79 Å². The molecule has 0 unspecified atom stereocenters. The van der Waals surface area contributed by atoms with Gasteiger partial charge in [-0.25, -0.2) is 4.99 Å². The summed E-state index contributed by atoms with van der Waals surface area (Å²) in [5.41, 5.74) is 7.71. The van der Waals surface area contributed by atoms with E-state index in [0.29, 0.717) is 12.5 Å². The third-order valence-corrected chi connectivity index (χ3v) is 2.76. The molecule has 3 N–H and O–H groups in total. The van der Waals surface area contributed by atoms with Crippen LogP contribution in [0.1, 0.15) is 26.3 Å². The smallest absolute Gasteiger partial charge is 0.221 e. The molecule has 0 bridgehead atoms. The van der Waals surface area contributed by atoms with Crippen molar-refractivity contribution in [3.05, 3.63) is 29.8 Å². The Morgan fingerprint density at radius 2 is 2.00 bits per heavy atom. The number of guanidine groups is 1. The number of amides is 1. The highest BCUT2D eigenvalue weighted by Crippen LogP contribution is 2.11. The first-order chi connectivity index (χ1) is 9.06. The molecule has 0 radical (unpaired) electrons. The minimum Gasteiger partial charge on any atom is -0.370 e. The summed E-state index contributed by atoms with van der Waals surface area (Å²) in [5.74, 6) is 0.471. The number of nitrogens with zero attached hydrogens (tertiary/aromatic N) is 2. The monoisotopic (exact) mass is 390 g/mol. The van der Waals surface area contributed by atoms with E-state index in [1.165, 1.54) is 6.92 Å². The van der Waals surface area contributed by atoms with Crippen molar-refractivity contribution in [2.75, 3.05) is 18.4 Å². The van der Waals surface area contributed by atoms with E-state index in [9.17, 15) is 4.79 Å². The molecule has 0 heterocycles. The second-order valence-corrected chi connectivity index (χ2v) is 4.23. The van der Waals surface area contributed by atoms with Gasteiger partial charge in [-0.1, -0.05) is 12.1 Å². The molecule has 0 aliphatic heterocycles. The lowest BCUT2D eigenvalue weighted by Crippen LogP contribution is -2.37. The Morgan fingerprint density at radius 3 is 2.55 bits per heavy atom. The molecular weight excluding hydrogens is 367 g/mol. The van der Waals surface area contributed by atoms with Crippen molar-refractivity contribution in [2.45, 2.75) is 27.3 Å². The van der Waals surface area contributed by atoms with Crippen LogP contribution < -0.4 is 11.1 Å². The number of rotatable bonds is 5. The van der Waals surface area contributed by atoms with Crippen LogP contribution in [0.5, 0.6) is 0 Å². The molecule has 0 spiro atoms.